The molecule has 18 heavy (non-hydrogen) atoms. The molecule has 0 spiro atoms. The lowest BCUT2D eigenvalue weighted by molar-refractivity contribution is 0.618. The molecule has 96 valence electrons. The van der Waals surface area contributed by atoms with Crippen LogP contribution in [0.1, 0.15) is 30.2 Å². The van der Waals surface area contributed by atoms with Crippen LogP contribution in [0.5, 0.6) is 0 Å². The second-order valence-corrected chi connectivity index (χ2v) is 4.35. The van der Waals surface area contributed by atoms with Crippen molar-refractivity contribution in [1.82, 2.24) is 9.78 Å². The number of benzene rings is 1. The minimum atomic E-state index is -0.212. The number of aromatic nitrogens is 2. The number of nitrogens with two attached hydrogens (primary N) is 1. The van der Waals surface area contributed by atoms with Gasteiger partial charge >= 0.3 is 0 Å². The Labute approximate surface area is 106 Å². The predicted octanol–water partition coefficient (Wildman–Crippen LogP) is 2.48. The van der Waals surface area contributed by atoms with Crippen LogP contribution in [0.25, 0.3) is 0 Å². The van der Waals surface area contributed by atoms with Gasteiger partial charge in [0.25, 0.3) is 0 Å². The summed E-state index contributed by atoms with van der Waals surface area (Å²) in [6, 6.07) is 6.52. The van der Waals surface area contributed by atoms with Crippen molar-refractivity contribution in [2.45, 2.75) is 32.9 Å². The van der Waals surface area contributed by atoms with E-state index in [1.165, 1.54) is 17.8 Å². The van der Waals surface area contributed by atoms with Gasteiger partial charge in [0.1, 0.15) is 5.82 Å². The lowest BCUT2D eigenvalue weighted by Crippen LogP contribution is -2.08. The third-order valence-corrected chi connectivity index (χ3v) is 2.99. The van der Waals surface area contributed by atoms with E-state index >= 15 is 0 Å². The Morgan fingerprint density at radius 1 is 1.28 bits per heavy atom. The molecule has 1 aromatic carbocycles. The molecule has 2 aromatic rings. The van der Waals surface area contributed by atoms with Gasteiger partial charge in [0.15, 0.2) is 0 Å². The van der Waals surface area contributed by atoms with E-state index in [2.05, 4.69) is 12.0 Å². The Morgan fingerprint density at radius 3 is 2.61 bits per heavy atom. The van der Waals surface area contributed by atoms with Crippen LogP contribution in [0.4, 0.5) is 4.39 Å². The molecule has 0 atom stereocenters. The molecule has 0 saturated carbocycles. The molecule has 0 radical (unpaired) electrons. The summed E-state index contributed by atoms with van der Waals surface area (Å²) in [5.74, 6) is -0.212. The summed E-state index contributed by atoms with van der Waals surface area (Å²) < 4.78 is 14.8. The van der Waals surface area contributed by atoms with E-state index in [-0.39, 0.29) is 5.82 Å². The van der Waals surface area contributed by atoms with E-state index in [4.69, 9.17) is 5.73 Å². The van der Waals surface area contributed by atoms with Crippen LogP contribution in [0, 0.1) is 5.82 Å². The Bertz CT molecular complexity index is 502. The fourth-order valence-electron chi connectivity index (χ4n) is 2.05. The zero-order valence-corrected chi connectivity index (χ0v) is 10.6. The second kappa shape index (κ2) is 5.78. The van der Waals surface area contributed by atoms with Crippen LogP contribution in [0.2, 0.25) is 0 Å². The van der Waals surface area contributed by atoms with Gasteiger partial charge in [-0.3, -0.25) is 4.68 Å². The van der Waals surface area contributed by atoms with Crippen molar-refractivity contribution in [2.24, 2.45) is 5.73 Å². The standard InChI is InChI=1S/C14H18FN3/c1-2-3-14-12(8-16)9-17-18(14)10-11-4-6-13(15)7-5-11/h4-7,9H,2-3,8,10,16H2,1H3. The number of hydrogen-bond acceptors (Lipinski definition) is 2. The lowest BCUT2D eigenvalue weighted by atomic mass is 10.1. The van der Waals surface area contributed by atoms with Gasteiger partial charge in [-0.2, -0.15) is 5.10 Å². The molecular formula is C14H18FN3. The predicted molar refractivity (Wildman–Crippen MR) is 69.6 cm³/mol. The quantitative estimate of drug-likeness (QED) is 0.882. The molecular weight excluding hydrogens is 229 g/mol. The first-order chi connectivity index (χ1) is 8.74. The van der Waals surface area contributed by atoms with Crippen LogP contribution in [-0.2, 0) is 19.5 Å². The van der Waals surface area contributed by atoms with E-state index in [0.29, 0.717) is 13.1 Å². The van der Waals surface area contributed by atoms with Crippen molar-refractivity contribution in [2.75, 3.05) is 0 Å². The van der Waals surface area contributed by atoms with Gasteiger partial charge in [0.05, 0.1) is 12.7 Å². The van der Waals surface area contributed by atoms with Gasteiger partial charge < -0.3 is 5.73 Å². The fourth-order valence-corrected chi connectivity index (χ4v) is 2.05. The Kier molecular flexibility index (Phi) is 4.10. The van der Waals surface area contributed by atoms with Crippen LogP contribution >= 0.6 is 0 Å². The van der Waals surface area contributed by atoms with E-state index in [1.54, 1.807) is 12.1 Å². The van der Waals surface area contributed by atoms with E-state index in [1.807, 2.05) is 10.9 Å². The Hall–Kier alpha value is -1.68. The highest BCUT2D eigenvalue weighted by atomic mass is 19.1. The normalized spacial score (nSPS) is 10.8. The molecule has 0 fully saturated rings. The Morgan fingerprint density at radius 2 is 2.00 bits per heavy atom. The molecule has 3 nitrogen and oxygen atoms in total. The molecule has 0 saturated heterocycles. The maximum Gasteiger partial charge on any atom is 0.123 e. The highest BCUT2D eigenvalue weighted by Gasteiger charge is 2.09. The van der Waals surface area contributed by atoms with Crippen LogP contribution < -0.4 is 5.73 Å². The van der Waals surface area contributed by atoms with Crippen molar-refractivity contribution < 1.29 is 4.39 Å². The third kappa shape index (κ3) is 2.76. The maximum atomic E-state index is 12.8. The molecule has 4 heteroatoms. The molecule has 0 amide bonds. The van der Waals surface area contributed by atoms with Crippen LogP contribution in [-0.4, -0.2) is 9.78 Å². The van der Waals surface area contributed by atoms with Crippen LogP contribution in [0.3, 0.4) is 0 Å². The van der Waals surface area contributed by atoms with E-state index in [9.17, 15) is 4.39 Å². The first kappa shape index (κ1) is 12.8. The van der Waals surface area contributed by atoms with Crippen molar-refractivity contribution in [3.63, 3.8) is 0 Å². The molecule has 2 rings (SSSR count). The second-order valence-electron chi connectivity index (χ2n) is 4.35. The molecule has 2 N–H and O–H groups in total. The van der Waals surface area contributed by atoms with Crippen molar-refractivity contribution in [3.05, 3.63) is 53.1 Å². The van der Waals surface area contributed by atoms with Crippen molar-refractivity contribution >= 4 is 0 Å². The molecule has 0 aliphatic rings. The minimum Gasteiger partial charge on any atom is -0.326 e. The molecule has 0 aliphatic heterocycles. The Balaban J connectivity index is 2.22. The fraction of sp³-hybridized carbons (Fsp3) is 0.357. The largest absolute Gasteiger partial charge is 0.326 e. The van der Waals surface area contributed by atoms with Gasteiger partial charge in [-0.25, -0.2) is 4.39 Å². The SMILES string of the molecule is CCCc1c(CN)cnn1Cc1ccc(F)cc1. The number of rotatable bonds is 5. The molecule has 0 unspecified atom stereocenters. The summed E-state index contributed by atoms with van der Waals surface area (Å²) in [7, 11) is 0. The average Bonchev–Trinajstić information content (AvgIpc) is 2.75. The van der Waals surface area contributed by atoms with Gasteiger partial charge in [0.2, 0.25) is 0 Å². The zero-order valence-electron chi connectivity index (χ0n) is 10.6. The maximum absolute atomic E-state index is 12.8. The zero-order chi connectivity index (χ0) is 13.0. The molecule has 1 aromatic heterocycles. The lowest BCUT2D eigenvalue weighted by Gasteiger charge is -2.08. The van der Waals surface area contributed by atoms with Gasteiger partial charge in [-0.1, -0.05) is 25.5 Å². The van der Waals surface area contributed by atoms with Crippen LogP contribution in [0.15, 0.2) is 30.5 Å². The number of hydrogen-bond donors (Lipinski definition) is 1. The third-order valence-electron chi connectivity index (χ3n) is 2.99. The monoisotopic (exact) mass is 247 g/mol. The number of nitrogens with zero attached hydrogens (tertiary/aromatic N) is 2. The average molecular weight is 247 g/mol. The molecule has 1 heterocycles. The summed E-state index contributed by atoms with van der Waals surface area (Å²) in [5, 5.41) is 4.37. The summed E-state index contributed by atoms with van der Waals surface area (Å²) in [6.45, 7) is 3.31. The smallest absolute Gasteiger partial charge is 0.123 e. The summed E-state index contributed by atoms with van der Waals surface area (Å²) in [4.78, 5) is 0. The molecule has 0 bridgehead atoms. The highest BCUT2D eigenvalue weighted by molar-refractivity contribution is 5.21. The van der Waals surface area contributed by atoms with Crippen molar-refractivity contribution in [3.8, 4) is 0 Å². The molecule has 0 aliphatic carbocycles. The van der Waals surface area contributed by atoms with E-state index in [0.717, 1.165) is 24.0 Å². The first-order valence-electron chi connectivity index (χ1n) is 6.22. The van der Waals surface area contributed by atoms with E-state index < -0.39 is 0 Å². The number of halogens is 1. The van der Waals surface area contributed by atoms with Gasteiger partial charge in [0, 0.05) is 17.8 Å². The minimum absolute atomic E-state index is 0.212. The highest BCUT2D eigenvalue weighted by Crippen LogP contribution is 2.13. The topological polar surface area (TPSA) is 43.8 Å². The van der Waals surface area contributed by atoms with Gasteiger partial charge in [-0.15, -0.1) is 0 Å². The summed E-state index contributed by atoms with van der Waals surface area (Å²) >= 11 is 0. The first-order valence-corrected chi connectivity index (χ1v) is 6.22. The summed E-state index contributed by atoms with van der Waals surface area (Å²) in [5.41, 5.74) is 9.03. The van der Waals surface area contributed by atoms with Gasteiger partial charge in [-0.05, 0) is 24.1 Å². The summed E-state index contributed by atoms with van der Waals surface area (Å²) in [6.07, 6.45) is 3.85. The van der Waals surface area contributed by atoms with Crippen molar-refractivity contribution in [1.29, 1.82) is 0 Å².